The van der Waals surface area contributed by atoms with Gasteiger partial charge in [0.15, 0.2) is 0 Å². The predicted molar refractivity (Wildman–Crippen MR) is 44.5 cm³/mol. The molecule has 0 bridgehead atoms. The van der Waals surface area contributed by atoms with Crippen molar-refractivity contribution in [3.05, 3.63) is 12.4 Å². The van der Waals surface area contributed by atoms with Gasteiger partial charge in [-0.3, -0.25) is 0 Å². The summed E-state index contributed by atoms with van der Waals surface area (Å²) < 4.78 is 16.3. The fraction of sp³-hybridized carbons (Fsp3) is 0.625. The van der Waals surface area contributed by atoms with E-state index in [9.17, 15) is 9.18 Å². The third kappa shape index (κ3) is 7.05. The maximum absolute atomic E-state index is 11.4. The van der Waals surface area contributed by atoms with Gasteiger partial charge in [0.1, 0.15) is 5.60 Å². The quantitative estimate of drug-likeness (QED) is 0.697. The molecule has 0 aliphatic rings. The fourth-order valence-electron chi connectivity index (χ4n) is 0.501. The number of hydrogen-bond acceptors (Lipinski definition) is 2. The van der Waals surface area contributed by atoms with Crippen LogP contribution in [0.4, 0.5) is 9.18 Å². The Morgan fingerprint density at radius 1 is 1.58 bits per heavy atom. The van der Waals surface area contributed by atoms with Crippen LogP contribution in [0.2, 0.25) is 0 Å². The van der Waals surface area contributed by atoms with Crippen LogP contribution in [0.5, 0.6) is 0 Å². The van der Waals surface area contributed by atoms with E-state index < -0.39 is 11.7 Å². The molecule has 0 saturated carbocycles. The molecule has 0 atom stereocenters. The summed E-state index contributed by atoms with van der Waals surface area (Å²) >= 11 is 0. The number of hydrogen-bond donors (Lipinski definition) is 1. The molecule has 0 aliphatic heterocycles. The normalized spacial score (nSPS) is 11.7. The van der Waals surface area contributed by atoms with Crippen LogP contribution in [-0.2, 0) is 4.74 Å². The molecule has 1 amide bonds. The average Bonchev–Trinajstić information content (AvgIpc) is 1.84. The van der Waals surface area contributed by atoms with Gasteiger partial charge in [-0.1, -0.05) is 0 Å². The maximum Gasteiger partial charge on any atom is 0.407 e. The Hall–Kier alpha value is -1.06. The Labute approximate surface area is 71.6 Å². The van der Waals surface area contributed by atoms with Crippen LogP contribution in [0, 0.1) is 0 Å². The highest BCUT2D eigenvalue weighted by Crippen LogP contribution is 2.05. The van der Waals surface area contributed by atoms with Gasteiger partial charge in [-0.25, -0.2) is 9.18 Å². The van der Waals surface area contributed by atoms with Crippen LogP contribution in [0.15, 0.2) is 12.4 Å². The van der Waals surface area contributed by atoms with Crippen LogP contribution in [0.1, 0.15) is 20.8 Å². The number of nitrogens with one attached hydrogen (secondary N) is 1. The van der Waals surface area contributed by atoms with E-state index in [0.717, 1.165) is 0 Å². The molecule has 0 aliphatic carbocycles. The van der Waals surface area contributed by atoms with Gasteiger partial charge in [0.2, 0.25) is 0 Å². The van der Waals surface area contributed by atoms with Gasteiger partial charge < -0.3 is 10.1 Å². The molecule has 0 unspecified atom stereocenters. The summed E-state index contributed by atoms with van der Waals surface area (Å²) in [5, 5.41) is 2.35. The molecule has 0 aromatic heterocycles. The maximum atomic E-state index is 11.4. The van der Waals surface area contributed by atoms with Crippen LogP contribution >= 0.6 is 0 Å². The summed E-state index contributed by atoms with van der Waals surface area (Å²) in [6, 6.07) is 0. The summed E-state index contributed by atoms with van der Waals surface area (Å²) in [5.41, 5.74) is -0.510. The van der Waals surface area contributed by atoms with Crippen molar-refractivity contribution < 1.29 is 13.9 Å². The molecule has 4 heteroatoms. The molecular weight excluding hydrogens is 161 g/mol. The van der Waals surface area contributed by atoms with Crippen LogP contribution in [-0.4, -0.2) is 18.2 Å². The highest BCUT2D eigenvalue weighted by molar-refractivity contribution is 5.67. The Morgan fingerprint density at radius 3 is 2.58 bits per heavy atom. The van der Waals surface area contributed by atoms with Gasteiger partial charge in [0, 0.05) is 6.54 Å². The lowest BCUT2D eigenvalue weighted by molar-refractivity contribution is 0.0534. The number of rotatable bonds is 2. The number of amides is 1. The minimum Gasteiger partial charge on any atom is -0.444 e. The zero-order chi connectivity index (χ0) is 9.61. The van der Waals surface area contributed by atoms with E-state index in [2.05, 4.69) is 5.32 Å². The first-order valence-corrected chi connectivity index (χ1v) is 3.68. The average molecular weight is 175 g/mol. The van der Waals surface area contributed by atoms with E-state index in [1.807, 2.05) is 0 Å². The number of halogens is 1. The van der Waals surface area contributed by atoms with Crippen molar-refractivity contribution in [1.82, 2.24) is 5.32 Å². The lowest BCUT2D eigenvalue weighted by Crippen LogP contribution is -2.32. The molecule has 0 heterocycles. The molecule has 3 nitrogen and oxygen atoms in total. The molecule has 0 aromatic rings. The number of ether oxygens (including phenoxy) is 1. The topological polar surface area (TPSA) is 38.3 Å². The lowest BCUT2D eigenvalue weighted by atomic mass is 10.2. The van der Waals surface area contributed by atoms with Gasteiger partial charge in [-0.05, 0) is 26.8 Å². The first-order valence-electron chi connectivity index (χ1n) is 3.68. The summed E-state index contributed by atoms with van der Waals surface area (Å²) in [6.07, 6.45) is 1.02. The minimum absolute atomic E-state index is 0.144. The largest absolute Gasteiger partial charge is 0.444 e. The monoisotopic (exact) mass is 175 g/mol. The third-order valence-corrected chi connectivity index (χ3v) is 0.852. The van der Waals surface area contributed by atoms with Crippen molar-refractivity contribution >= 4 is 6.09 Å². The predicted octanol–water partition coefficient (Wildman–Crippen LogP) is 1.99. The second kappa shape index (κ2) is 4.74. The molecule has 0 rings (SSSR count). The van der Waals surface area contributed by atoms with Crippen LogP contribution < -0.4 is 5.32 Å². The molecule has 0 fully saturated rings. The lowest BCUT2D eigenvalue weighted by Gasteiger charge is -2.19. The smallest absolute Gasteiger partial charge is 0.407 e. The van der Waals surface area contributed by atoms with Crippen molar-refractivity contribution in [1.29, 1.82) is 0 Å². The van der Waals surface area contributed by atoms with Crippen molar-refractivity contribution in [2.75, 3.05) is 6.54 Å². The van der Waals surface area contributed by atoms with E-state index in [4.69, 9.17) is 4.74 Å². The van der Waals surface area contributed by atoms with Crippen molar-refractivity contribution in [3.8, 4) is 0 Å². The van der Waals surface area contributed by atoms with E-state index in [1.165, 1.54) is 6.08 Å². The highest BCUT2D eigenvalue weighted by atomic mass is 19.1. The molecular formula is C8H14FNO2. The standard InChI is InChI=1S/C8H14FNO2/c1-8(2,3)12-7(11)10-6-4-5-9/h4-5H,6H2,1-3H3,(H,10,11). The molecule has 12 heavy (non-hydrogen) atoms. The van der Waals surface area contributed by atoms with Crippen LogP contribution in [0.3, 0.4) is 0 Å². The first kappa shape index (κ1) is 10.9. The fourth-order valence-corrected chi connectivity index (χ4v) is 0.501. The summed E-state index contributed by atoms with van der Waals surface area (Å²) in [6.45, 7) is 5.43. The summed E-state index contributed by atoms with van der Waals surface area (Å²) in [4.78, 5) is 10.8. The van der Waals surface area contributed by atoms with Crippen LogP contribution in [0.25, 0.3) is 0 Å². The van der Waals surface area contributed by atoms with Gasteiger partial charge >= 0.3 is 6.09 Å². The van der Waals surface area contributed by atoms with E-state index >= 15 is 0 Å². The third-order valence-electron chi connectivity index (χ3n) is 0.852. The Bertz CT molecular complexity index is 172. The Morgan fingerprint density at radius 2 is 2.17 bits per heavy atom. The van der Waals surface area contributed by atoms with Gasteiger partial charge in [0.05, 0.1) is 6.33 Å². The van der Waals surface area contributed by atoms with E-state index in [1.54, 1.807) is 20.8 Å². The Balaban J connectivity index is 3.61. The number of carbonyl (C=O) groups excluding carboxylic acids is 1. The number of carbonyl (C=O) groups is 1. The number of alkyl carbamates (subject to hydrolysis) is 1. The van der Waals surface area contributed by atoms with Crippen molar-refractivity contribution in [2.24, 2.45) is 0 Å². The SMILES string of the molecule is CC(C)(C)OC(=O)NCC=CF. The second-order valence-corrected chi connectivity index (χ2v) is 3.24. The van der Waals surface area contributed by atoms with Crippen molar-refractivity contribution in [2.45, 2.75) is 26.4 Å². The van der Waals surface area contributed by atoms with E-state index in [0.29, 0.717) is 6.33 Å². The molecule has 0 saturated heterocycles. The minimum atomic E-state index is -0.541. The zero-order valence-corrected chi connectivity index (χ0v) is 7.56. The molecule has 0 radical (unpaired) electrons. The van der Waals surface area contributed by atoms with Gasteiger partial charge in [-0.15, -0.1) is 0 Å². The zero-order valence-electron chi connectivity index (χ0n) is 7.56. The van der Waals surface area contributed by atoms with Gasteiger partial charge in [0.25, 0.3) is 0 Å². The molecule has 1 N–H and O–H groups in total. The van der Waals surface area contributed by atoms with E-state index in [-0.39, 0.29) is 6.54 Å². The molecule has 0 spiro atoms. The highest BCUT2D eigenvalue weighted by Gasteiger charge is 2.14. The van der Waals surface area contributed by atoms with Gasteiger partial charge in [-0.2, -0.15) is 0 Å². The molecule has 70 valence electrons. The van der Waals surface area contributed by atoms with Crippen molar-refractivity contribution in [3.63, 3.8) is 0 Å². The molecule has 0 aromatic carbocycles. The second-order valence-electron chi connectivity index (χ2n) is 3.24. The Kier molecular flexibility index (Phi) is 4.33. The summed E-state index contributed by atoms with van der Waals surface area (Å²) in [5.74, 6) is 0. The summed E-state index contributed by atoms with van der Waals surface area (Å²) in [7, 11) is 0. The first-order chi connectivity index (χ1) is 5.45.